The summed E-state index contributed by atoms with van der Waals surface area (Å²) in [5, 5.41) is 6.62. The molecule has 2 aromatic heterocycles. The zero-order chi connectivity index (χ0) is 23.0. The Morgan fingerprint density at radius 3 is 2.61 bits per heavy atom. The van der Waals surface area contributed by atoms with E-state index >= 15 is 0 Å². The molecule has 7 nitrogen and oxygen atoms in total. The van der Waals surface area contributed by atoms with Crippen LogP contribution in [0, 0.1) is 12.8 Å². The van der Waals surface area contributed by atoms with Crippen LogP contribution in [0.3, 0.4) is 0 Å². The van der Waals surface area contributed by atoms with Crippen LogP contribution >= 0.6 is 0 Å². The SMILES string of the molecule is CCNC(=NCc1ccc(N2CCC(C)CC2)nc1)NCc1coc(-c2ccc(C)cc2)n1. The third-order valence-electron chi connectivity index (χ3n) is 5.97. The molecule has 0 aliphatic carbocycles. The molecule has 174 valence electrons. The van der Waals surface area contributed by atoms with Gasteiger partial charge >= 0.3 is 0 Å². The van der Waals surface area contributed by atoms with Crippen LogP contribution in [0.1, 0.15) is 43.5 Å². The molecule has 1 aliphatic rings. The van der Waals surface area contributed by atoms with Crippen LogP contribution in [0.4, 0.5) is 5.82 Å². The van der Waals surface area contributed by atoms with Crippen LogP contribution in [-0.2, 0) is 13.1 Å². The van der Waals surface area contributed by atoms with Crippen molar-refractivity contribution >= 4 is 11.8 Å². The highest BCUT2D eigenvalue weighted by Gasteiger charge is 2.16. The van der Waals surface area contributed by atoms with Crippen molar-refractivity contribution in [3.8, 4) is 11.5 Å². The number of rotatable bonds is 7. The Bertz CT molecular complexity index is 1030. The number of guanidine groups is 1. The second-order valence-corrected chi connectivity index (χ2v) is 8.75. The van der Waals surface area contributed by atoms with Crippen LogP contribution in [0.15, 0.2) is 58.3 Å². The smallest absolute Gasteiger partial charge is 0.226 e. The van der Waals surface area contributed by atoms with E-state index in [-0.39, 0.29) is 0 Å². The molecule has 1 fully saturated rings. The van der Waals surface area contributed by atoms with Crippen LogP contribution < -0.4 is 15.5 Å². The van der Waals surface area contributed by atoms with Gasteiger partial charge in [-0.2, -0.15) is 0 Å². The molecule has 0 saturated carbocycles. The van der Waals surface area contributed by atoms with Crippen LogP contribution in [0.2, 0.25) is 0 Å². The lowest BCUT2D eigenvalue weighted by atomic mass is 9.99. The van der Waals surface area contributed by atoms with Crippen molar-refractivity contribution in [3.63, 3.8) is 0 Å². The molecule has 1 saturated heterocycles. The number of anilines is 1. The van der Waals surface area contributed by atoms with Gasteiger partial charge in [-0.25, -0.2) is 15.0 Å². The standard InChI is InChI=1S/C26H34N6O/c1-4-27-26(30-17-23-18-33-25(31-23)22-8-5-19(2)6-9-22)29-16-21-7-10-24(28-15-21)32-13-11-20(3)12-14-32/h5-10,15,18,20H,4,11-14,16-17H2,1-3H3,(H2,27,29,30). The fourth-order valence-electron chi connectivity index (χ4n) is 3.84. The Labute approximate surface area is 196 Å². The van der Waals surface area contributed by atoms with E-state index in [9.17, 15) is 0 Å². The van der Waals surface area contributed by atoms with Crippen molar-refractivity contribution < 1.29 is 4.42 Å². The number of pyridine rings is 1. The molecule has 0 unspecified atom stereocenters. The molecule has 2 N–H and O–H groups in total. The number of nitrogens with one attached hydrogen (secondary N) is 2. The molecule has 1 aliphatic heterocycles. The topological polar surface area (TPSA) is 78.6 Å². The number of benzene rings is 1. The van der Waals surface area contributed by atoms with Crippen LogP contribution in [0.5, 0.6) is 0 Å². The Morgan fingerprint density at radius 1 is 1.12 bits per heavy atom. The second kappa shape index (κ2) is 11.0. The molecular formula is C26H34N6O. The average molecular weight is 447 g/mol. The molecule has 33 heavy (non-hydrogen) atoms. The maximum atomic E-state index is 5.66. The summed E-state index contributed by atoms with van der Waals surface area (Å²) in [4.78, 5) is 16.4. The summed E-state index contributed by atoms with van der Waals surface area (Å²) in [6.45, 7) is 10.5. The summed E-state index contributed by atoms with van der Waals surface area (Å²) in [7, 11) is 0. The van der Waals surface area contributed by atoms with Gasteiger partial charge in [0.1, 0.15) is 12.1 Å². The van der Waals surface area contributed by atoms with Gasteiger partial charge in [0.05, 0.1) is 18.8 Å². The van der Waals surface area contributed by atoms with Gasteiger partial charge in [0, 0.05) is 31.4 Å². The van der Waals surface area contributed by atoms with Gasteiger partial charge in [0.15, 0.2) is 5.96 Å². The summed E-state index contributed by atoms with van der Waals surface area (Å²) in [5.41, 5.74) is 4.11. The van der Waals surface area contributed by atoms with Gasteiger partial charge < -0.3 is 20.0 Å². The lowest BCUT2D eigenvalue weighted by molar-refractivity contribution is 0.436. The number of aromatic nitrogens is 2. The molecule has 4 rings (SSSR count). The maximum Gasteiger partial charge on any atom is 0.226 e. The van der Waals surface area contributed by atoms with Gasteiger partial charge in [0.2, 0.25) is 5.89 Å². The van der Waals surface area contributed by atoms with E-state index in [4.69, 9.17) is 9.41 Å². The first kappa shape index (κ1) is 22.8. The summed E-state index contributed by atoms with van der Waals surface area (Å²) < 4.78 is 5.66. The molecule has 1 aromatic carbocycles. The van der Waals surface area contributed by atoms with Gasteiger partial charge in [-0.05, 0) is 56.4 Å². The first-order valence-electron chi connectivity index (χ1n) is 11.8. The first-order chi connectivity index (χ1) is 16.1. The molecular weight excluding hydrogens is 412 g/mol. The van der Waals surface area contributed by atoms with Gasteiger partial charge in [0.25, 0.3) is 0 Å². The predicted octanol–water partition coefficient (Wildman–Crippen LogP) is 4.54. The number of piperidine rings is 1. The summed E-state index contributed by atoms with van der Waals surface area (Å²) >= 11 is 0. The molecule has 7 heteroatoms. The monoisotopic (exact) mass is 446 g/mol. The maximum absolute atomic E-state index is 5.66. The van der Waals surface area contributed by atoms with Crippen molar-refractivity contribution in [1.82, 2.24) is 20.6 Å². The van der Waals surface area contributed by atoms with Crippen molar-refractivity contribution in [2.75, 3.05) is 24.5 Å². The number of hydrogen-bond donors (Lipinski definition) is 2. The van der Waals surface area contributed by atoms with E-state index in [0.29, 0.717) is 19.0 Å². The van der Waals surface area contributed by atoms with Crippen LogP contribution in [-0.4, -0.2) is 35.6 Å². The lowest BCUT2D eigenvalue weighted by Crippen LogP contribution is -2.36. The number of nitrogens with zero attached hydrogens (tertiary/aromatic N) is 4. The number of oxazole rings is 1. The zero-order valence-electron chi connectivity index (χ0n) is 19.8. The Kier molecular flexibility index (Phi) is 7.60. The van der Waals surface area contributed by atoms with Crippen molar-refractivity contribution in [2.24, 2.45) is 10.9 Å². The average Bonchev–Trinajstić information content (AvgIpc) is 3.31. The Hall–Kier alpha value is -3.35. The minimum absolute atomic E-state index is 0.533. The minimum Gasteiger partial charge on any atom is -0.444 e. The molecule has 0 amide bonds. The van der Waals surface area contributed by atoms with E-state index in [2.05, 4.69) is 70.5 Å². The quantitative estimate of drug-likeness (QED) is 0.410. The lowest BCUT2D eigenvalue weighted by Gasteiger charge is -2.31. The predicted molar refractivity (Wildman–Crippen MR) is 133 cm³/mol. The molecule has 0 atom stereocenters. The fraction of sp³-hybridized carbons (Fsp3) is 0.423. The minimum atomic E-state index is 0.533. The van der Waals surface area contributed by atoms with E-state index in [1.54, 1.807) is 6.26 Å². The summed E-state index contributed by atoms with van der Waals surface area (Å²) in [6.07, 6.45) is 6.11. The van der Waals surface area contributed by atoms with E-state index < -0.39 is 0 Å². The first-order valence-corrected chi connectivity index (χ1v) is 11.8. The molecule has 3 heterocycles. The molecule has 0 bridgehead atoms. The normalized spacial score (nSPS) is 15.0. The van der Waals surface area contributed by atoms with Gasteiger partial charge in [-0.1, -0.05) is 30.7 Å². The number of aliphatic imine (C=N–C) groups is 1. The second-order valence-electron chi connectivity index (χ2n) is 8.75. The van der Waals surface area contributed by atoms with Crippen LogP contribution in [0.25, 0.3) is 11.5 Å². The molecule has 3 aromatic rings. The largest absolute Gasteiger partial charge is 0.444 e. The van der Waals surface area contributed by atoms with E-state index in [1.165, 1.54) is 18.4 Å². The van der Waals surface area contributed by atoms with E-state index in [0.717, 1.165) is 54.2 Å². The molecule has 0 spiro atoms. The fourth-order valence-corrected chi connectivity index (χ4v) is 3.84. The van der Waals surface area contributed by atoms with Crippen molar-refractivity contribution in [1.29, 1.82) is 0 Å². The van der Waals surface area contributed by atoms with Crippen molar-refractivity contribution in [2.45, 2.75) is 46.7 Å². The molecule has 0 radical (unpaired) electrons. The summed E-state index contributed by atoms with van der Waals surface area (Å²) in [5.74, 6) is 3.25. The highest BCUT2D eigenvalue weighted by atomic mass is 16.3. The van der Waals surface area contributed by atoms with Gasteiger partial charge in [-0.3, -0.25) is 0 Å². The Morgan fingerprint density at radius 2 is 1.91 bits per heavy atom. The summed E-state index contributed by atoms with van der Waals surface area (Å²) in [6, 6.07) is 12.4. The van der Waals surface area contributed by atoms with Crippen molar-refractivity contribution in [3.05, 3.63) is 65.7 Å². The highest BCUT2D eigenvalue weighted by molar-refractivity contribution is 5.79. The number of aryl methyl sites for hydroxylation is 1. The number of hydrogen-bond acceptors (Lipinski definition) is 5. The van der Waals surface area contributed by atoms with Gasteiger partial charge in [-0.15, -0.1) is 0 Å². The highest BCUT2D eigenvalue weighted by Crippen LogP contribution is 2.21. The Balaban J connectivity index is 1.32. The zero-order valence-corrected chi connectivity index (χ0v) is 19.8. The van der Waals surface area contributed by atoms with E-state index in [1.807, 2.05) is 18.3 Å². The third-order valence-corrected chi connectivity index (χ3v) is 5.97. The third kappa shape index (κ3) is 6.34.